The number of hydrogen-bond acceptors (Lipinski definition) is 4. The summed E-state index contributed by atoms with van der Waals surface area (Å²) in [5.74, 6) is -0.339. The van der Waals surface area contributed by atoms with Crippen LogP contribution in [-0.4, -0.2) is 38.9 Å². The first-order valence-electron chi connectivity index (χ1n) is 7.39. The highest BCUT2D eigenvalue weighted by atomic mass is 28.2. The predicted octanol–water partition coefficient (Wildman–Crippen LogP) is 3.17. The molecule has 0 unspecified atom stereocenters. The van der Waals surface area contributed by atoms with Crippen LogP contribution in [0.5, 0.6) is 0 Å². The van der Waals surface area contributed by atoms with E-state index in [9.17, 15) is 4.79 Å². The van der Waals surface area contributed by atoms with Crippen LogP contribution in [0.4, 0.5) is 0 Å². The summed E-state index contributed by atoms with van der Waals surface area (Å²) in [4.78, 5) is 11.8. The number of esters is 1. The van der Waals surface area contributed by atoms with Crippen molar-refractivity contribution in [3.05, 3.63) is 47.5 Å². The van der Waals surface area contributed by atoms with Crippen molar-refractivity contribution in [2.75, 3.05) is 7.11 Å². The van der Waals surface area contributed by atoms with Crippen LogP contribution in [0.2, 0.25) is 13.1 Å². The Balaban J connectivity index is 3.31. The van der Waals surface area contributed by atoms with E-state index in [1.807, 2.05) is 31.3 Å². The first-order chi connectivity index (χ1) is 10.9. The second-order valence-electron chi connectivity index (χ2n) is 5.55. The molecule has 4 radical (unpaired) electrons. The molecule has 0 aliphatic carbocycles. The molecule has 0 N–H and O–H groups in total. The summed E-state index contributed by atoms with van der Waals surface area (Å²) in [5.41, 5.74) is 2.31. The third-order valence-corrected chi connectivity index (χ3v) is 4.52. The van der Waals surface area contributed by atoms with E-state index in [4.69, 9.17) is 13.6 Å². The molecular weight excluding hydrogens is 324 g/mol. The Kier molecular flexibility index (Phi) is 7.91. The monoisotopic (exact) mass is 348 g/mol. The van der Waals surface area contributed by atoms with Gasteiger partial charge in [-0.1, -0.05) is 26.0 Å². The first-order valence-corrected chi connectivity index (χ1v) is 10.2. The lowest BCUT2D eigenvalue weighted by molar-refractivity contribution is -0.0435. The summed E-state index contributed by atoms with van der Waals surface area (Å²) < 4.78 is 16.5. The molecule has 0 aliphatic heterocycles. The fraction of sp³-hybridized carbons (Fsp3) is 0.471. The maximum Gasteiger partial charge on any atom is 0.337 e. The van der Waals surface area contributed by atoms with Crippen LogP contribution >= 0.6 is 0 Å². The molecule has 0 amide bonds. The largest absolute Gasteiger partial charge is 0.465 e. The molecule has 1 rings (SSSR count). The Morgan fingerprint density at radius 2 is 1.91 bits per heavy atom. The smallest absolute Gasteiger partial charge is 0.337 e. The summed E-state index contributed by atoms with van der Waals surface area (Å²) in [5, 5.41) is 0. The van der Waals surface area contributed by atoms with Crippen molar-refractivity contribution in [3.63, 3.8) is 0 Å². The number of carbonyl (C=O) groups excluding carboxylic acids is 1. The van der Waals surface area contributed by atoms with Gasteiger partial charge in [-0.05, 0) is 42.8 Å². The number of ether oxygens (including phenoxy) is 1. The van der Waals surface area contributed by atoms with Crippen LogP contribution in [0, 0.1) is 0 Å². The zero-order chi connectivity index (χ0) is 17.5. The number of hydrogen-bond donors (Lipinski definition) is 0. The topological polar surface area (TPSA) is 44.8 Å². The van der Waals surface area contributed by atoms with E-state index in [1.54, 1.807) is 6.07 Å². The average Bonchev–Trinajstić information content (AvgIpc) is 2.54. The number of methoxy groups -OCH3 is 1. The molecule has 23 heavy (non-hydrogen) atoms. The number of rotatable bonds is 9. The minimum absolute atomic E-state index is 0.332. The lowest BCUT2D eigenvalue weighted by Crippen LogP contribution is -2.40. The standard InChI is InChI=1S/C17H24O4Si2/c1-7-8-12-11-13(15(18)19-4)9-10-14(12)17(2,3)16(20-22-5)21-23-6/h7,9-11,16H,1,8H2,2-6H3. The van der Waals surface area contributed by atoms with Crippen molar-refractivity contribution >= 4 is 25.5 Å². The number of carbonyl (C=O) groups is 1. The first kappa shape index (κ1) is 19.8. The van der Waals surface area contributed by atoms with Gasteiger partial charge in [-0.15, -0.1) is 6.58 Å². The van der Waals surface area contributed by atoms with E-state index in [0.717, 1.165) is 11.1 Å². The van der Waals surface area contributed by atoms with Gasteiger partial charge >= 0.3 is 5.97 Å². The van der Waals surface area contributed by atoms with Gasteiger partial charge in [0.1, 0.15) is 6.29 Å². The maximum absolute atomic E-state index is 11.8. The highest BCUT2D eigenvalue weighted by molar-refractivity contribution is 6.26. The summed E-state index contributed by atoms with van der Waals surface area (Å²) in [6.45, 7) is 12.0. The lowest BCUT2D eigenvalue weighted by Gasteiger charge is -2.36. The molecule has 4 nitrogen and oxygen atoms in total. The molecule has 0 fully saturated rings. The Labute approximate surface area is 144 Å². The third kappa shape index (κ3) is 4.88. The molecule has 1 aromatic rings. The van der Waals surface area contributed by atoms with Gasteiger partial charge < -0.3 is 13.6 Å². The zero-order valence-corrected chi connectivity index (χ0v) is 16.4. The molecule has 1 aromatic carbocycles. The molecule has 0 saturated carbocycles. The van der Waals surface area contributed by atoms with E-state index in [2.05, 4.69) is 20.4 Å². The van der Waals surface area contributed by atoms with E-state index >= 15 is 0 Å². The molecule has 0 atom stereocenters. The van der Waals surface area contributed by atoms with E-state index in [0.29, 0.717) is 31.5 Å². The Morgan fingerprint density at radius 1 is 1.30 bits per heavy atom. The number of allylic oxidation sites excluding steroid dienone is 1. The SMILES string of the molecule is C=CCc1cc(C(=O)OC)ccc1C(C)(C)C(O[Si]C)O[Si]C. The molecule has 0 spiro atoms. The number of benzene rings is 1. The minimum atomic E-state index is -0.348. The fourth-order valence-electron chi connectivity index (χ4n) is 2.45. The van der Waals surface area contributed by atoms with E-state index in [-0.39, 0.29) is 17.7 Å². The second kappa shape index (κ2) is 9.17. The fourth-order valence-corrected chi connectivity index (χ4v) is 3.66. The molecule has 0 bridgehead atoms. The van der Waals surface area contributed by atoms with Crippen molar-refractivity contribution in [1.29, 1.82) is 0 Å². The highest BCUT2D eigenvalue weighted by Crippen LogP contribution is 2.33. The van der Waals surface area contributed by atoms with Crippen molar-refractivity contribution < 1.29 is 18.4 Å². The van der Waals surface area contributed by atoms with Gasteiger partial charge in [0.2, 0.25) is 19.5 Å². The molecule has 6 heteroatoms. The Bertz CT molecular complexity index is 537. The van der Waals surface area contributed by atoms with E-state index < -0.39 is 0 Å². The molecule has 0 aromatic heterocycles. The summed E-state index contributed by atoms with van der Waals surface area (Å²) in [6, 6.07) is 5.61. The van der Waals surface area contributed by atoms with E-state index in [1.165, 1.54) is 7.11 Å². The van der Waals surface area contributed by atoms with Crippen LogP contribution < -0.4 is 0 Å². The highest BCUT2D eigenvalue weighted by Gasteiger charge is 2.34. The molecule has 0 heterocycles. The van der Waals surface area contributed by atoms with Crippen molar-refractivity contribution in [2.24, 2.45) is 0 Å². The quantitative estimate of drug-likeness (QED) is 0.298. The van der Waals surface area contributed by atoms with Gasteiger partial charge in [-0.2, -0.15) is 0 Å². The summed E-state index contributed by atoms with van der Waals surface area (Å²) >= 11 is 0. The molecule has 0 aliphatic rings. The lowest BCUT2D eigenvalue weighted by atomic mass is 9.80. The zero-order valence-electron chi connectivity index (χ0n) is 14.4. The van der Waals surface area contributed by atoms with Gasteiger partial charge in [0, 0.05) is 5.41 Å². The van der Waals surface area contributed by atoms with Crippen LogP contribution in [-0.2, 0) is 25.4 Å². The molecular formula is C17H24O4Si2. The van der Waals surface area contributed by atoms with Gasteiger partial charge in [0.25, 0.3) is 0 Å². The summed E-state index contributed by atoms with van der Waals surface area (Å²) in [7, 11) is 2.07. The van der Waals surface area contributed by atoms with Crippen LogP contribution in [0.3, 0.4) is 0 Å². The average molecular weight is 349 g/mol. The Hall–Kier alpha value is -1.22. The predicted molar refractivity (Wildman–Crippen MR) is 93.9 cm³/mol. The van der Waals surface area contributed by atoms with Gasteiger partial charge in [0.05, 0.1) is 12.7 Å². The van der Waals surface area contributed by atoms with Gasteiger partial charge in [0.15, 0.2) is 0 Å². The van der Waals surface area contributed by atoms with Gasteiger partial charge in [-0.3, -0.25) is 0 Å². The van der Waals surface area contributed by atoms with Gasteiger partial charge in [-0.25, -0.2) is 4.79 Å². The van der Waals surface area contributed by atoms with Crippen LogP contribution in [0.25, 0.3) is 0 Å². The molecule has 0 saturated heterocycles. The Morgan fingerprint density at radius 3 is 2.39 bits per heavy atom. The van der Waals surface area contributed by atoms with Crippen LogP contribution in [0.15, 0.2) is 30.9 Å². The minimum Gasteiger partial charge on any atom is -0.465 e. The molecule has 124 valence electrons. The van der Waals surface area contributed by atoms with Crippen molar-refractivity contribution in [1.82, 2.24) is 0 Å². The van der Waals surface area contributed by atoms with Crippen LogP contribution in [0.1, 0.15) is 35.3 Å². The van der Waals surface area contributed by atoms with Crippen molar-refractivity contribution in [2.45, 2.75) is 45.1 Å². The van der Waals surface area contributed by atoms with Crippen molar-refractivity contribution in [3.8, 4) is 0 Å². The normalized spacial score (nSPS) is 11.6. The second-order valence-corrected chi connectivity index (χ2v) is 6.84. The third-order valence-electron chi connectivity index (χ3n) is 3.62. The maximum atomic E-state index is 11.8. The summed E-state index contributed by atoms with van der Waals surface area (Å²) in [6.07, 6.45) is 2.16.